The van der Waals surface area contributed by atoms with Crippen LogP contribution < -0.4 is 10.6 Å². The van der Waals surface area contributed by atoms with Gasteiger partial charge in [0.25, 0.3) is 0 Å². The first kappa shape index (κ1) is 21.1. The Morgan fingerprint density at radius 2 is 2.07 bits per heavy atom. The first-order valence-electron chi connectivity index (χ1n) is 8.91. The molecule has 1 aromatic carbocycles. The molecular weight excluding hydrogens is 414 g/mol. The molecule has 2 N–H and O–H groups in total. The average molecular weight is 436 g/mol. The lowest BCUT2D eigenvalue weighted by Gasteiger charge is -2.21. The van der Waals surface area contributed by atoms with Gasteiger partial charge in [-0.3, -0.25) is 4.79 Å². The second-order valence-corrected chi connectivity index (χ2v) is 8.13. The number of aryl methyl sites for hydroxylation is 1. The third-order valence-electron chi connectivity index (χ3n) is 4.28. The van der Waals surface area contributed by atoms with E-state index in [9.17, 15) is 4.79 Å². The quantitative estimate of drug-likeness (QED) is 0.428. The number of nitrogens with zero attached hydrogens (tertiary/aromatic N) is 4. The Bertz CT molecular complexity index is 973. The fourth-order valence-electron chi connectivity index (χ4n) is 2.62. The van der Waals surface area contributed by atoms with Crippen LogP contribution in [-0.2, 0) is 4.79 Å². The minimum atomic E-state index is -0.389. The number of nitrogen functional groups attached to an aromatic ring is 1. The van der Waals surface area contributed by atoms with Crippen LogP contribution in [0.2, 0.25) is 5.02 Å². The molecule has 0 fully saturated rings. The number of amides is 1. The molecule has 2 heterocycles. The van der Waals surface area contributed by atoms with Gasteiger partial charge in [0.1, 0.15) is 18.1 Å². The van der Waals surface area contributed by atoms with E-state index in [0.717, 1.165) is 5.56 Å². The van der Waals surface area contributed by atoms with E-state index in [2.05, 4.69) is 10.2 Å². The van der Waals surface area contributed by atoms with Crippen molar-refractivity contribution in [1.82, 2.24) is 19.8 Å². The molecule has 10 heteroatoms. The predicted molar refractivity (Wildman–Crippen MR) is 113 cm³/mol. The number of carbonyl (C=O) groups excluding carboxylic acids is 1. The summed E-state index contributed by atoms with van der Waals surface area (Å²) in [5.41, 5.74) is 0.766. The lowest BCUT2D eigenvalue weighted by Crippen LogP contribution is -2.36. The van der Waals surface area contributed by atoms with E-state index in [1.54, 1.807) is 55.5 Å². The van der Waals surface area contributed by atoms with Crippen molar-refractivity contribution in [3.8, 4) is 17.1 Å². The molecule has 1 amide bonds. The summed E-state index contributed by atoms with van der Waals surface area (Å²) in [6.45, 7) is 4.45. The largest absolute Gasteiger partial charge is 0.492 e. The zero-order valence-electron chi connectivity index (χ0n) is 16.3. The van der Waals surface area contributed by atoms with Gasteiger partial charge in [0.15, 0.2) is 5.82 Å². The number of rotatable bonds is 8. The third kappa shape index (κ3) is 5.04. The summed E-state index contributed by atoms with van der Waals surface area (Å²) in [5.74, 6) is 7.95. The zero-order chi connectivity index (χ0) is 21.0. The van der Waals surface area contributed by atoms with Crippen molar-refractivity contribution in [3.63, 3.8) is 0 Å². The molecule has 0 bridgehead atoms. The van der Waals surface area contributed by atoms with Crippen molar-refractivity contribution < 1.29 is 13.9 Å². The molecule has 0 aliphatic heterocycles. The Labute approximate surface area is 177 Å². The van der Waals surface area contributed by atoms with Crippen LogP contribution in [0.3, 0.4) is 0 Å². The van der Waals surface area contributed by atoms with Gasteiger partial charge in [-0.1, -0.05) is 23.4 Å². The number of thioether (sulfide) groups is 1. The number of carbonyl (C=O) groups is 1. The standard InChI is InChI=1S/C19H22ClN5O3S/c1-12-16(8-10-27-12)17-22-23-19(25(17)21)29-13(2)18(26)24(3)9-11-28-15-6-4-14(20)5-7-15/h4-8,10,13H,9,11,21H2,1-3H3. The maximum atomic E-state index is 12.7. The molecule has 0 spiro atoms. The van der Waals surface area contributed by atoms with Crippen LogP contribution in [0.5, 0.6) is 5.75 Å². The zero-order valence-corrected chi connectivity index (χ0v) is 17.9. The van der Waals surface area contributed by atoms with Gasteiger partial charge in [0, 0.05) is 12.1 Å². The first-order chi connectivity index (χ1) is 13.9. The molecule has 3 rings (SSSR count). The lowest BCUT2D eigenvalue weighted by molar-refractivity contribution is -0.129. The fraction of sp³-hybridized carbons (Fsp3) is 0.316. The summed E-state index contributed by atoms with van der Waals surface area (Å²) < 4.78 is 12.3. The maximum Gasteiger partial charge on any atom is 0.235 e. The van der Waals surface area contributed by atoms with Crippen LogP contribution in [0.4, 0.5) is 0 Å². The second-order valence-electron chi connectivity index (χ2n) is 6.39. The van der Waals surface area contributed by atoms with E-state index >= 15 is 0 Å². The maximum absolute atomic E-state index is 12.7. The van der Waals surface area contributed by atoms with E-state index in [1.165, 1.54) is 16.4 Å². The van der Waals surface area contributed by atoms with E-state index < -0.39 is 0 Å². The number of halogens is 1. The highest BCUT2D eigenvalue weighted by molar-refractivity contribution is 8.00. The van der Waals surface area contributed by atoms with Crippen LogP contribution in [0.1, 0.15) is 12.7 Å². The van der Waals surface area contributed by atoms with Crippen LogP contribution >= 0.6 is 23.4 Å². The second kappa shape index (κ2) is 9.23. The Morgan fingerprint density at radius 3 is 2.72 bits per heavy atom. The Hall–Kier alpha value is -2.65. The van der Waals surface area contributed by atoms with Gasteiger partial charge < -0.3 is 19.9 Å². The molecule has 0 aliphatic rings. The lowest BCUT2D eigenvalue weighted by atomic mass is 10.2. The van der Waals surface area contributed by atoms with Crippen molar-refractivity contribution in [2.75, 3.05) is 26.0 Å². The Kier molecular flexibility index (Phi) is 6.71. The SMILES string of the molecule is Cc1occc1-c1nnc(SC(C)C(=O)N(C)CCOc2ccc(Cl)cc2)n1N. The van der Waals surface area contributed by atoms with Crippen molar-refractivity contribution in [2.45, 2.75) is 24.3 Å². The van der Waals surface area contributed by atoms with E-state index in [1.807, 2.05) is 6.92 Å². The number of furan rings is 1. The van der Waals surface area contributed by atoms with Gasteiger partial charge >= 0.3 is 0 Å². The van der Waals surface area contributed by atoms with Gasteiger partial charge in [-0.05, 0) is 44.2 Å². The van der Waals surface area contributed by atoms with Crippen LogP contribution in [-0.4, -0.2) is 51.1 Å². The third-order valence-corrected chi connectivity index (χ3v) is 5.58. The van der Waals surface area contributed by atoms with Gasteiger partial charge in [-0.2, -0.15) is 0 Å². The van der Waals surface area contributed by atoms with Gasteiger partial charge in [-0.25, -0.2) is 4.68 Å². The minimum absolute atomic E-state index is 0.0567. The van der Waals surface area contributed by atoms with Crippen molar-refractivity contribution in [2.24, 2.45) is 0 Å². The molecule has 2 aromatic heterocycles. The van der Waals surface area contributed by atoms with E-state index in [4.69, 9.17) is 26.6 Å². The highest BCUT2D eigenvalue weighted by Gasteiger charge is 2.23. The number of aromatic nitrogens is 3. The molecule has 8 nitrogen and oxygen atoms in total. The monoisotopic (exact) mass is 435 g/mol. The normalized spacial score (nSPS) is 12.0. The molecule has 0 radical (unpaired) electrons. The van der Waals surface area contributed by atoms with Gasteiger partial charge in [0.05, 0.1) is 23.6 Å². The summed E-state index contributed by atoms with van der Waals surface area (Å²) in [5, 5.41) is 8.94. The van der Waals surface area contributed by atoms with Gasteiger partial charge in [0.2, 0.25) is 11.1 Å². The number of hydrogen-bond donors (Lipinski definition) is 1. The summed E-state index contributed by atoms with van der Waals surface area (Å²) >= 11 is 7.10. The minimum Gasteiger partial charge on any atom is -0.492 e. The molecule has 154 valence electrons. The molecule has 0 saturated heterocycles. The molecule has 0 saturated carbocycles. The molecule has 29 heavy (non-hydrogen) atoms. The van der Waals surface area contributed by atoms with E-state index in [-0.39, 0.29) is 11.2 Å². The number of likely N-dealkylation sites (N-methyl/N-ethyl adjacent to an activating group) is 1. The average Bonchev–Trinajstić information content (AvgIpc) is 3.28. The van der Waals surface area contributed by atoms with E-state index in [0.29, 0.717) is 40.7 Å². The fourth-order valence-corrected chi connectivity index (χ4v) is 3.63. The predicted octanol–water partition coefficient (Wildman–Crippen LogP) is 3.23. The summed E-state index contributed by atoms with van der Waals surface area (Å²) in [6.07, 6.45) is 1.57. The highest BCUT2D eigenvalue weighted by Crippen LogP contribution is 2.27. The Balaban J connectivity index is 1.54. The smallest absolute Gasteiger partial charge is 0.235 e. The van der Waals surface area contributed by atoms with Crippen LogP contribution in [0.25, 0.3) is 11.4 Å². The summed E-state index contributed by atoms with van der Waals surface area (Å²) in [6, 6.07) is 8.87. The van der Waals surface area contributed by atoms with Crippen molar-refractivity contribution >= 4 is 29.3 Å². The topological polar surface area (TPSA) is 99.4 Å². The number of nitrogens with two attached hydrogens (primary N) is 1. The summed E-state index contributed by atoms with van der Waals surface area (Å²) in [7, 11) is 1.73. The molecular formula is C19H22ClN5O3S. The van der Waals surface area contributed by atoms with Crippen molar-refractivity contribution in [1.29, 1.82) is 0 Å². The van der Waals surface area contributed by atoms with Crippen LogP contribution in [0, 0.1) is 6.92 Å². The highest BCUT2D eigenvalue weighted by atomic mass is 35.5. The Morgan fingerprint density at radius 1 is 1.34 bits per heavy atom. The molecule has 3 aromatic rings. The number of hydrogen-bond acceptors (Lipinski definition) is 7. The van der Waals surface area contributed by atoms with Gasteiger partial charge in [-0.15, -0.1) is 10.2 Å². The number of benzene rings is 1. The molecule has 1 atom stereocenters. The first-order valence-corrected chi connectivity index (χ1v) is 10.2. The van der Waals surface area contributed by atoms with Crippen molar-refractivity contribution in [3.05, 3.63) is 47.4 Å². The summed E-state index contributed by atoms with van der Waals surface area (Å²) in [4.78, 5) is 14.3. The van der Waals surface area contributed by atoms with Crippen LogP contribution in [0.15, 0.2) is 46.2 Å². The molecule has 1 unspecified atom stereocenters. The number of ether oxygens (including phenoxy) is 1. The molecule has 0 aliphatic carbocycles.